The molecule has 0 aliphatic rings. The molecule has 0 heterocycles. The highest BCUT2D eigenvalue weighted by Crippen LogP contribution is 2.17. The third-order valence-electron chi connectivity index (χ3n) is 3.06. The van der Waals surface area contributed by atoms with Crippen molar-refractivity contribution in [2.24, 2.45) is 0 Å². The van der Waals surface area contributed by atoms with Gasteiger partial charge in [0.25, 0.3) is 0 Å². The lowest BCUT2D eigenvalue weighted by atomic mass is 10.1. The summed E-state index contributed by atoms with van der Waals surface area (Å²) < 4.78 is 0. The van der Waals surface area contributed by atoms with Gasteiger partial charge >= 0.3 is 5.97 Å². The third-order valence-corrected chi connectivity index (χ3v) is 3.06. The molecule has 0 spiro atoms. The minimum absolute atomic E-state index is 0.359. The van der Waals surface area contributed by atoms with Crippen LogP contribution in [-0.4, -0.2) is 11.1 Å². The van der Waals surface area contributed by atoms with E-state index < -0.39 is 5.97 Å². The molecule has 1 N–H and O–H groups in total. The molecule has 3 aromatic carbocycles. The first kappa shape index (κ1) is 14.5. The summed E-state index contributed by atoms with van der Waals surface area (Å²) in [5, 5.41) is 10.6. The second-order valence-corrected chi connectivity index (χ2v) is 4.45. The standard InChI is InChI=1S/C11H8O2.C8H8/c12-11(13)10-7-3-5-8-4-1-2-6-9(8)10;1-2-8-6-4-3-5-7-8/h1-7H,(H,12,13);2-7H,1H2. The fourth-order valence-corrected chi connectivity index (χ4v) is 2.00. The van der Waals surface area contributed by atoms with Crippen molar-refractivity contribution >= 4 is 22.8 Å². The summed E-state index contributed by atoms with van der Waals surface area (Å²) in [6, 6.07) is 22.8. The van der Waals surface area contributed by atoms with Crippen LogP contribution in [-0.2, 0) is 0 Å². The molecule has 0 radical (unpaired) electrons. The zero-order valence-electron chi connectivity index (χ0n) is 11.6. The van der Waals surface area contributed by atoms with Gasteiger partial charge in [0.15, 0.2) is 0 Å². The van der Waals surface area contributed by atoms with Crippen LogP contribution in [0.15, 0.2) is 79.4 Å². The second kappa shape index (κ2) is 7.06. The van der Waals surface area contributed by atoms with Crippen molar-refractivity contribution in [1.29, 1.82) is 0 Å². The Hall–Kier alpha value is -2.87. The van der Waals surface area contributed by atoms with E-state index in [-0.39, 0.29) is 0 Å². The Kier molecular flexibility index (Phi) is 4.89. The van der Waals surface area contributed by atoms with Crippen molar-refractivity contribution < 1.29 is 9.90 Å². The van der Waals surface area contributed by atoms with E-state index in [1.807, 2.05) is 66.7 Å². The molecule has 0 atom stereocenters. The molecule has 0 aliphatic carbocycles. The van der Waals surface area contributed by atoms with E-state index in [0.717, 1.165) is 10.8 Å². The molecule has 3 aromatic rings. The minimum Gasteiger partial charge on any atom is -0.478 e. The summed E-state index contributed by atoms with van der Waals surface area (Å²) in [7, 11) is 0. The largest absolute Gasteiger partial charge is 0.478 e. The van der Waals surface area contributed by atoms with E-state index in [1.165, 1.54) is 5.56 Å². The minimum atomic E-state index is -0.878. The van der Waals surface area contributed by atoms with E-state index in [2.05, 4.69) is 6.58 Å². The Morgan fingerprint density at radius 2 is 1.48 bits per heavy atom. The number of hydrogen-bond donors (Lipinski definition) is 1. The molecule has 0 saturated carbocycles. The highest BCUT2D eigenvalue weighted by atomic mass is 16.4. The molecule has 0 amide bonds. The molecular weight excluding hydrogens is 260 g/mol. The Balaban J connectivity index is 0.000000173. The zero-order valence-corrected chi connectivity index (χ0v) is 11.6. The predicted octanol–water partition coefficient (Wildman–Crippen LogP) is 4.87. The highest BCUT2D eigenvalue weighted by Gasteiger charge is 2.05. The van der Waals surface area contributed by atoms with Gasteiger partial charge in [-0.25, -0.2) is 4.79 Å². The fourth-order valence-electron chi connectivity index (χ4n) is 2.00. The first-order valence-corrected chi connectivity index (χ1v) is 6.61. The second-order valence-electron chi connectivity index (χ2n) is 4.45. The quantitative estimate of drug-likeness (QED) is 0.725. The Bertz CT molecular complexity index is 740. The number of hydrogen-bond acceptors (Lipinski definition) is 1. The molecule has 3 rings (SSSR count). The lowest BCUT2D eigenvalue weighted by Gasteiger charge is -2.00. The summed E-state index contributed by atoms with van der Waals surface area (Å²) in [4.78, 5) is 10.8. The molecule has 0 bridgehead atoms. The summed E-state index contributed by atoms with van der Waals surface area (Å²) in [6.45, 7) is 3.63. The molecule has 0 fully saturated rings. The van der Waals surface area contributed by atoms with Crippen LogP contribution < -0.4 is 0 Å². The van der Waals surface area contributed by atoms with E-state index in [0.29, 0.717) is 5.56 Å². The molecule has 0 aromatic heterocycles. The predicted molar refractivity (Wildman–Crippen MR) is 87.4 cm³/mol. The van der Waals surface area contributed by atoms with Crippen LogP contribution >= 0.6 is 0 Å². The molecule has 21 heavy (non-hydrogen) atoms. The van der Waals surface area contributed by atoms with Crippen LogP contribution in [0.1, 0.15) is 15.9 Å². The topological polar surface area (TPSA) is 37.3 Å². The smallest absolute Gasteiger partial charge is 0.336 e. The monoisotopic (exact) mass is 276 g/mol. The molecule has 0 unspecified atom stereocenters. The number of carboxylic acids is 1. The van der Waals surface area contributed by atoms with Crippen LogP contribution in [0.3, 0.4) is 0 Å². The van der Waals surface area contributed by atoms with Crippen molar-refractivity contribution in [1.82, 2.24) is 0 Å². The van der Waals surface area contributed by atoms with Crippen LogP contribution in [0.4, 0.5) is 0 Å². The lowest BCUT2D eigenvalue weighted by molar-refractivity contribution is 0.0699. The van der Waals surface area contributed by atoms with Crippen LogP contribution in [0.25, 0.3) is 16.8 Å². The van der Waals surface area contributed by atoms with Gasteiger partial charge in [-0.1, -0.05) is 79.4 Å². The lowest BCUT2D eigenvalue weighted by Crippen LogP contribution is -1.96. The third kappa shape index (κ3) is 3.80. The van der Waals surface area contributed by atoms with E-state index in [9.17, 15) is 4.79 Å². The molecule has 0 aliphatic heterocycles. The summed E-state index contributed by atoms with van der Waals surface area (Å²) >= 11 is 0. The van der Waals surface area contributed by atoms with Crippen molar-refractivity contribution in [2.75, 3.05) is 0 Å². The van der Waals surface area contributed by atoms with Gasteiger partial charge in [0.2, 0.25) is 0 Å². The fraction of sp³-hybridized carbons (Fsp3) is 0. The molecule has 2 heteroatoms. The number of benzene rings is 3. The zero-order chi connectivity index (χ0) is 15.1. The number of carbonyl (C=O) groups is 1. The molecular formula is C19H16O2. The first-order valence-electron chi connectivity index (χ1n) is 6.61. The van der Waals surface area contributed by atoms with Gasteiger partial charge in [-0.15, -0.1) is 0 Å². The maximum absolute atomic E-state index is 10.8. The maximum atomic E-state index is 10.8. The average molecular weight is 276 g/mol. The summed E-state index contributed by atoms with van der Waals surface area (Å²) in [6.07, 6.45) is 1.83. The number of rotatable bonds is 2. The Morgan fingerprint density at radius 3 is 2.10 bits per heavy atom. The van der Waals surface area contributed by atoms with Crippen LogP contribution in [0.5, 0.6) is 0 Å². The first-order chi connectivity index (χ1) is 10.2. The number of carboxylic acid groups (broad SMARTS) is 1. The van der Waals surface area contributed by atoms with Crippen molar-refractivity contribution in [2.45, 2.75) is 0 Å². The van der Waals surface area contributed by atoms with E-state index in [1.54, 1.807) is 12.1 Å². The van der Waals surface area contributed by atoms with Crippen molar-refractivity contribution in [3.8, 4) is 0 Å². The molecule has 2 nitrogen and oxygen atoms in total. The van der Waals surface area contributed by atoms with Gasteiger partial charge in [-0.3, -0.25) is 0 Å². The highest BCUT2D eigenvalue weighted by molar-refractivity contribution is 6.03. The van der Waals surface area contributed by atoms with Gasteiger partial charge in [-0.05, 0) is 22.4 Å². The van der Waals surface area contributed by atoms with Crippen LogP contribution in [0.2, 0.25) is 0 Å². The van der Waals surface area contributed by atoms with Crippen molar-refractivity contribution in [3.63, 3.8) is 0 Å². The van der Waals surface area contributed by atoms with Gasteiger partial charge < -0.3 is 5.11 Å². The van der Waals surface area contributed by atoms with E-state index in [4.69, 9.17) is 5.11 Å². The molecule has 104 valence electrons. The Labute approximate surface area is 124 Å². The Morgan fingerprint density at radius 1 is 0.857 bits per heavy atom. The SMILES string of the molecule is C=Cc1ccccc1.O=C(O)c1cccc2ccccc12. The summed E-state index contributed by atoms with van der Waals surface area (Å²) in [5.74, 6) is -0.878. The van der Waals surface area contributed by atoms with Crippen LogP contribution in [0, 0.1) is 0 Å². The van der Waals surface area contributed by atoms with Gasteiger partial charge in [-0.2, -0.15) is 0 Å². The molecule has 0 saturated heterocycles. The summed E-state index contributed by atoms with van der Waals surface area (Å²) in [5.41, 5.74) is 1.53. The maximum Gasteiger partial charge on any atom is 0.336 e. The van der Waals surface area contributed by atoms with Gasteiger partial charge in [0, 0.05) is 0 Å². The van der Waals surface area contributed by atoms with Crippen molar-refractivity contribution in [3.05, 3.63) is 90.5 Å². The average Bonchev–Trinajstić information content (AvgIpc) is 2.55. The number of aromatic carboxylic acids is 1. The van der Waals surface area contributed by atoms with Gasteiger partial charge in [0.1, 0.15) is 0 Å². The normalized spacial score (nSPS) is 9.52. The van der Waals surface area contributed by atoms with Gasteiger partial charge in [0.05, 0.1) is 5.56 Å². The van der Waals surface area contributed by atoms with E-state index >= 15 is 0 Å². The number of fused-ring (bicyclic) bond motifs is 1.